The second kappa shape index (κ2) is 8.35. The molecule has 0 spiro atoms. The van der Waals surface area contributed by atoms with Gasteiger partial charge in [-0.15, -0.1) is 0 Å². The van der Waals surface area contributed by atoms with E-state index < -0.39 is 0 Å². The van der Waals surface area contributed by atoms with Gasteiger partial charge in [0.25, 0.3) is 0 Å². The zero-order valence-electron chi connectivity index (χ0n) is 15.6. The quantitative estimate of drug-likeness (QED) is 0.684. The molecule has 0 aromatic heterocycles. The van der Waals surface area contributed by atoms with E-state index in [4.69, 9.17) is 4.74 Å². The third kappa shape index (κ3) is 3.91. The number of carbonyl (C=O) groups is 2. The van der Waals surface area contributed by atoms with E-state index in [1.54, 1.807) is 0 Å². The lowest BCUT2D eigenvalue weighted by molar-refractivity contribution is -0.142. The lowest BCUT2D eigenvalue weighted by Crippen LogP contribution is -2.46. The predicted octanol–water partition coefficient (Wildman–Crippen LogP) is 2.23. The molecule has 0 aromatic rings. The molecule has 3 aliphatic rings. The number of ether oxygens (including phenoxy) is 1. The summed E-state index contributed by atoms with van der Waals surface area (Å²) >= 11 is 0. The van der Waals surface area contributed by atoms with E-state index in [2.05, 4.69) is 31.3 Å². The summed E-state index contributed by atoms with van der Waals surface area (Å²) in [5.41, 5.74) is 0. The van der Waals surface area contributed by atoms with Gasteiger partial charge >= 0.3 is 0 Å². The maximum atomic E-state index is 13.2. The van der Waals surface area contributed by atoms with Gasteiger partial charge in [0, 0.05) is 32.2 Å². The van der Waals surface area contributed by atoms with Crippen LogP contribution in [0, 0.1) is 29.6 Å². The SMILES string of the molecule is CCCN(CCC)C(=O)[C@H]1[C@H](C(=O)NC[C@H]2CCOC2)[C@H]2C=C[C@H]1C2. The molecule has 5 nitrogen and oxygen atoms in total. The Labute approximate surface area is 151 Å². The first kappa shape index (κ1) is 18.4. The Kier molecular flexibility index (Phi) is 6.15. The first-order valence-corrected chi connectivity index (χ1v) is 9.98. The van der Waals surface area contributed by atoms with Gasteiger partial charge in [0.05, 0.1) is 18.4 Å². The number of fused-ring (bicyclic) bond motifs is 2. The number of amides is 2. The Morgan fingerprint density at radius 1 is 1.12 bits per heavy atom. The fraction of sp³-hybridized carbons (Fsp3) is 0.800. The summed E-state index contributed by atoms with van der Waals surface area (Å²) in [6.07, 6.45) is 8.20. The second-order valence-corrected chi connectivity index (χ2v) is 7.80. The Bertz CT molecular complexity index is 507. The summed E-state index contributed by atoms with van der Waals surface area (Å²) in [7, 11) is 0. The number of nitrogens with zero attached hydrogens (tertiary/aromatic N) is 1. The molecule has 1 N–H and O–H groups in total. The molecule has 1 saturated carbocycles. The lowest BCUT2D eigenvalue weighted by atomic mass is 9.81. The van der Waals surface area contributed by atoms with Crippen molar-refractivity contribution in [2.24, 2.45) is 29.6 Å². The molecule has 140 valence electrons. The van der Waals surface area contributed by atoms with E-state index in [-0.39, 0.29) is 35.5 Å². The minimum atomic E-state index is -0.193. The van der Waals surface area contributed by atoms with Gasteiger partial charge < -0.3 is 15.0 Å². The molecule has 1 saturated heterocycles. The van der Waals surface area contributed by atoms with Crippen molar-refractivity contribution >= 4 is 11.8 Å². The van der Waals surface area contributed by atoms with Crippen molar-refractivity contribution in [3.8, 4) is 0 Å². The molecule has 1 heterocycles. The number of nitrogens with one attached hydrogen (secondary N) is 1. The van der Waals surface area contributed by atoms with Crippen molar-refractivity contribution in [2.75, 3.05) is 32.8 Å². The predicted molar refractivity (Wildman–Crippen MR) is 96.8 cm³/mol. The summed E-state index contributed by atoms with van der Waals surface area (Å²) in [5, 5.41) is 3.12. The van der Waals surface area contributed by atoms with Crippen LogP contribution < -0.4 is 5.32 Å². The molecule has 2 aliphatic carbocycles. The molecule has 5 heteroatoms. The fourth-order valence-corrected chi connectivity index (χ4v) is 4.71. The molecule has 5 atom stereocenters. The average Bonchev–Trinajstić information content (AvgIpc) is 3.35. The van der Waals surface area contributed by atoms with Gasteiger partial charge in [-0.25, -0.2) is 0 Å². The van der Waals surface area contributed by atoms with Crippen LogP contribution in [0.4, 0.5) is 0 Å². The maximum absolute atomic E-state index is 13.2. The van der Waals surface area contributed by atoms with Crippen molar-refractivity contribution in [1.82, 2.24) is 10.2 Å². The van der Waals surface area contributed by atoms with Crippen LogP contribution >= 0.6 is 0 Å². The molecule has 0 aromatic carbocycles. The third-order valence-electron chi connectivity index (χ3n) is 5.93. The van der Waals surface area contributed by atoms with Crippen molar-refractivity contribution in [1.29, 1.82) is 0 Å². The van der Waals surface area contributed by atoms with E-state index in [0.29, 0.717) is 12.5 Å². The standard InChI is InChI=1S/C20H32N2O3/c1-3-8-22(9-4-2)20(24)18-16-6-5-15(11-16)17(18)19(23)21-12-14-7-10-25-13-14/h5-6,14-18H,3-4,7-13H2,1-2H3,(H,21,23)/t14-,15+,16+,17-,18-/m1/s1. The monoisotopic (exact) mass is 348 g/mol. The van der Waals surface area contributed by atoms with Crippen LogP contribution in [0.15, 0.2) is 12.2 Å². The van der Waals surface area contributed by atoms with Crippen molar-refractivity contribution in [3.05, 3.63) is 12.2 Å². The van der Waals surface area contributed by atoms with Gasteiger partial charge in [-0.1, -0.05) is 26.0 Å². The first-order chi connectivity index (χ1) is 12.2. The highest BCUT2D eigenvalue weighted by Gasteiger charge is 2.52. The van der Waals surface area contributed by atoms with Crippen LogP contribution in [0.5, 0.6) is 0 Å². The van der Waals surface area contributed by atoms with Gasteiger partial charge in [-0.3, -0.25) is 9.59 Å². The summed E-state index contributed by atoms with van der Waals surface area (Å²) in [4.78, 5) is 28.0. The average molecular weight is 348 g/mol. The Hall–Kier alpha value is -1.36. The third-order valence-corrected chi connectivity index (χ3v) is 5.93. The van der Waals surface area contributed by atoms with Crippen LogP contribution in [-0.2, 0) is 14.3 Å². The highest BCUT2D eigenvalue weighted by atomic mass is 16.5. The van der Waals surface area contributed by atoms with Crippen LogP contribution in [0.25, 0.3) is 0 Å². The van der Waals surface area contributed by atoms with Crippen LogP contribution in [0.3, 0.4) is 0 Å². The van der Waals surface area contributed by atoms with Crippen molar-refractivity contribution < 1.29 is 14.3 Å². The maximum Gasteiger partial charge on any atom is 0.227 e. The largest absolute Gasteiger partial charge is 0.381 e. The number of rotatable bonds is 8. The molecule has 1 aliphatic heterocycles. The zero-order chi connectivity index (χ0) is 17.8. The van der Waals surface area contributed by atoms with E-state index >= 15 is 0 Å². The van der Waals surface area contributed by atoms with Crippen LogP contribution in [0.2, 0.25) is 0 Å². The van der Waals surface area contributed by atoms with Gasteiger partial charge in [-0.2, -0.15) is 0 Å². The highest BCUT2D eigenvalue weighted by molar-refractivity contribution is 5.89. The lowest BCUT2D eigenvalue weighted by Gasteiger charge is -2.32. The van der Waals surface area contributed by atoms with Gasteiger partial charge in [-0.05, 0) is 37.5 Å². The second-order valence-electron chi connectivity index (χ2n) is 7.80. The summed E-state index contributed by atoms with van der Waals surface area (Å²) in [5.74, 6) is 0.765. The molecule has 25 heavy (non-hydrogen) atoms. The van der Waals surface area contributed by atoms with E-state index in [9.17, 15) is 9.59 Å². The minimum absolute atomic E-state index is 0.0649. The van der Waals surface area contributed by atoms with Gasteiger partial charge in [0.2, 0.25) is 11.8 Å². The summed E-state index contributed by atoms with van der Waals surface area (Å²) in [6.45, 7) is 7.98. The van der Waals surface area contributed by atoms with E-state index in [1.165, 1.54) is 0 Å². The Morgan fingerprint density at radius 3 is 2.40 bits per heavy atom. The number of allylic oxidation sites excluding steroid dienone is 2. The number of hydrogen-bond acceptors (Lipinski definition) is 3. The molecule has 2 bridgehead atoms. The molecular formula is C20H32N2O3. The van der Waals surface area contributed by atoms with Crippen molar-refractivity contribution in [2.45, 2.75) is 39.5 Å². The van der Waals surface area contributed by atoms with Crippen LogP contribution in [0.1, 0.15) is 39.5 Å². The number of hydrogen-bond donors (Lipinski definition) is 1. The zero-order valence-corrected chi connectivity index (χ0v) is 15.6. The topological polar surface area (TPSA) is 58.6 Å². The van der Waals surface area contributed by atoms with Gasteiger partial charge in [0.15, 0.2) is 0 Å². The molecule has 0 radical (unpaired) electrons. The van der Waals surface area contributed by atoms with E-state index in [0.717, 1.165) is 52.0 Å². The van der Waals surface area contributed by atoms with Gasteiger partial charge in [0.1, 0.15) is 0 Å². The highest BCUT2D eigenvalue weighted by Crippen LogP contribution is 2.48. The Balaban J connectivity index is 1.67. The molecular weight excluding hydrogens is 316 g/mol. The normalized spacial score (nSPS) is 33.0. The van der Waals surface area contributed by atoms with E-state index in [1.807, 2.05) is 4.90 Å². The molecule has 3 rings (SSSR count). The minimum Gasteiger partial charge on any atom is -0.381 e. The Morgan fingerprint density at radius 2 is 1.80 bits per heavy atom. The molecule has 0 unspecified atom stereocenters. The first-order valence-electron chi connectivity index (χ1n) is 9.98. The molecule has 2 amide bonds. The van der Waals surface area contributed by atoms with Crippen LogP contribution in [-0.4, -0.2) is 49.6 Å². The summed E-state index contributed by atoms with van der Waals surface area (Å²) in [6, 6.07) is 0. The van der Waals surface area contributed by atoms with Crippen molar-refractivity contribution in [3.63, 3.8) is 0 Å². The summed E-state index contributed by atoms with van der Waals surface area (Å²) < 4.78 is 5.39. The number of carbonyl (C=O) groups excluding carboxylic acids is 2. The molecule has 2 fully saturated rings. The fourth-order valence-electron chi connectivity index (χ4n) is 4.71. The smallest absolute Gasteiger partial charge is 0.227 e.